The first-order valence-corrected chi connectivity index (χ1v) is 10.5. The molecule has 2 aliphatic rings. The van der Waals surface area contributed by atoms with Crippen LogP contribution in [0.25, 0.3) is 11.4 Å². The molecule has 2 fully saturated rings. The van der Waals surface area contributed by atoms with Crippen molar-refractivity contribution in [3.05, 3.63) is 35.7 Å². The molecule has 4 rings (SSSR count). The van der Waals surface area contributed by atoms with Crippen LogP contribution in [0.15, 0.2) is 28.8 Å². The lowest BCUT2D eigenvalue weighted by Gasteiger charge is -2.37. The van der Waals surface area contributed by atoms with Crippen LogP contribution in [0.5, 0.6) is 0 Å². The number of aromatic nitrogens is 2. The number of benzene rings is 1. The molecular weight excluding hydrogens is 386 g/mol. The maximum Gasteiger partial charge on any atom is 0.506 e. The molecule has 0 unspecified atom stereocenters. The van der Waals surface area contributed by atoms with Gasteiger partial charge >= 0.3 is 6.16 Å². The predicted molar refractivity (Wildman–Crippen MR) is 108 cm³/mol. The van der Waals surface area contributed by atoms with Crippen molar-refractivity contribution < 1.29 is 24.0 Å². The van der Waals surface area contributed by atoms with Crippen LogP contribution in [-0.4, -0.2) is 51.3 Å². The minimum Gasteiger partial charge on any atom is -0.450 e. The van der Waals surface area contributed by atoms with Crippen LogP contribution in [0.1, 0.15) is 50.5 Å². The van der Waals surface area contributed by atoms with E-state index < -0.39 is 6.16 Å². The molecule has 1 saturated carbocycles. The van der Waals surface area contributed by atoms with E-state index in [1.165, 1.54) is 0 Å². The molecule has 0 amide bonds. The molecule has 1 aromatic carbocycles. The van der Waals surface area contributed by atoms with Gasteiger partial charge in [0.05, 0.1) is 0 Å². The van der Waals surface area contributed by atoms with Crippen LogP contribution >= 0.6 is 0 Å². The molecular formula is C22H27N3O5. The first-order chi connectivity index (χ1) is 14.4. The third-order valence-corrected chi connectivity index (χ3v) is 6.22. The third-order valence-electron chi connectivity index (χ3n) is 6.22. The molecule has 2 heterocycles. The van der Waals surface area contributed by atoms with E-state index >= 15 is 0 Å². The maximum atomic E-state index is 12.3. The summed E-state index contributed by atoms with van der Waals surface area (Å²) in [7, 11) is 0. The number of ether oxygens (including phenoxy) is 1. The number of Topliss-reactive ketones (excluding diaryl/α,β-unsaturated/α-hetero) is 1. The van der Waals surface area contributed by atoms with Crippen molar-refractivity contribution in [2.75, 3.05) is 13.1 Å². The summed E-state index contributed by atoms with van der Waals surface area (Å²) in [4.78, 5) is 29.4. The van der Waals surface area contributed by atoms with Gasteiger partial charge in [0.15, 0.2) is 0 Å². The van der Waals surface area contributed by atoms with Crippen molar-refractivity contribution in [3.8, 4) is 11.4 Å². The SMILES string of the molecule is C[C@]1(CCc2nc(-c3ccc(CN4CC(OC(=O)O)C4)cc3)no2)CCCCC1=O. The largest absolute Gasteiger partial charge is 0.506 e. The Morgan fingerprint density at radius 2 is 2.07 bits per heavy atom. The highest BCUT2D eigenvalue weighted by atomic mass is 16.7. The first-order valence-electron chi connectivity index (χ1n) is 10.5. The van der Waals surface area contributed by atoms with E-state index in [-0.39, 0.29) is 11.5 Å². The lowest BCUT2D eigenvalue weighted by Crippen LogP contribution is -2.52. The smallest absolute Gasteiger partial charge is 0.450 e. The van der Waals surface area contributed by atoms with E-state index in [2.05, 4.69) is 22.0 Å². The molecule has 1 saturated heterocycles. The fraction of sp³-hybridized carbons (Fsp3) is 0.545. The third kappa shape index (κ3) is 4.70. The highest BCUT2D eigenvalue weighted by molar-refractivity contribution is 5.85. The van der Waals surface area contributed by atoms with Crippen molar-refractivity contribution in [1.29, 1.82) is 0 Å². The molecule has 1 aromatic heterocycles. The van der Waals surface area contributed by atoms with Crippen molar-refractivity contribution in [2.24, 2.45) is 5.41 Å². The van der Waals surface area contributed by atoms with Crippen LogP contribution in [0, 0.1) is 5.41 Å². The Balaban J connectivity index is 1.29. The van der Waals surface area contributed by atoms with E-state index in [0.29, 0.717) is 43.4 Å². The van der Waals surface area contributed by atoms with Crippen LogP contribution in [-0.2, 0) is 22.5 Å². The van der Waals surface area contributed by atoms with Gasteiger partial charge in [-0.2, -0.15) is 4.98 Å². The molecule has 0 spiro atoms. The highest BCUT2D eigenvalue weighted by Gasteiger charge is 2.35. The van der Waals surface area contributed by atoms with Crippen molar-refractivity contribution in [1.82, 2.24) is 15.0 Å². The summed E-state index contributed by atoms with van der Waals surface area (Å²) in [6.07, 6.45) is 3.64. The number of aryl methyl sites for hydroxylation is 1. The quantitative estimate of drug-likeness (QED) is 0.685. The van der Waals surface area contributed by atoms with Gasteiger partial charge in [0, 0.05) is 43.5 Å². The summed E-state index contributed by atoms with van der Waals surface area (Å²) >= 11 is 0. The van der Waals surface area contributed by atoms with Gasteiger partial charge in [0.25, 0.3) is 0 Å². The van der Waals surface area contributed by atoms with Crippen LogP contribution in [0.3, 0.4) is 0 Å². The molecule has 1 atom stereocenters. The minimum atomic E-state index is -1.22. The second kappa shape index (κ2) is 8.55. The van der Waals surface area contributed by atoms with Gasteiger partial charge in [0.1, 0.15) is 11.9 Å². The summed E-state index contributed by atoms with van der Waals surface area (Å²) in [5, 5.41) is 12.7. The van der Waals surface area contributed by atoms with Gasteiger partial charge in [-0.3, -0.25) is 9.69 Å². The number of hydrogen-bond donors (Lipinski definition) is 1. The molecule has 30 heavy (non-hydrogen) atoms. The molecule has 160 valence electrons. The molecule has 0 radical (unpaired) electrons. The van der Waals surface area contributed by atoms with Gasteiger partial charge in [-0.15, -0.1) is 0 Å². The second-order valence-corrected chi connectivity index (χ2v) is 8.60. The van der Waals surface area contributed by atoms with Gasteiger partial charge < -0.3 is 14.4 Å². The minimum absolute atomic E-state index is 0.231. The zero-order valence-corrected chi connectivity index (χ0v) is 17.2. The van der Waals surface area contributed by atoms with Gasteiger partial charge in [-0.05, 0) is 24.8 Å². The summed E-state index contributed by atoms with van der Waals surface area (Å²) in [5.41, 5.74) is 1.74. The number of hydrogen-bond acceptors (Lipinski definition) is 7. The van der Waals surface area contributed by atoms with E-state index in [9.17, 15) is 9.59 Å². The summed E-state index contributed by atoms with van der Waals surface area (Å²) < 4.78 is 10.1. The van der Waals surface area contributed by atoms with Gasteiger partial charge in [-0.25, -0.2) is 4.79 Å². The molecule has 8 nitrogen and oxygen atoms in total. The summed E-state index contributed by atoms with van der Waals surface area (Å²) in [6.45, 7) is 4.02. The number of ketones is 1. The Morgan fingerprint density at radius 3 is 2.77 bits per heavy atom. The average molecular weight is 413 g/mol. The van der Waals surface area contributed by atoms with Crippen molar-refractivity contribution in [3.63, 3.8) is 0 Å². The zero-order chi connectivity index (χ0) is 21.1. The lowest BCUT2D eigenvalue weighted by molar-refractivity contribution is -0.130. The topological polar surface area (TPSA) is 106 Å². The van der Waals surface area contributed by atoms with Crippen LogP contribution < -0.4 is 0 Å². The van der Waals surface area contributed by atoms with E-state index in [1.807, 2.05) is 24.3 Å². The Morgan fingerprint density at radius 1 is 1.30 bits per heavy atom. The molecule has 1 aliphatic heterocycles. The van der Waals surface area contributed by atoms with E-state index in [4.69, 9.17) is 14.4 Å². The second-order valence-electron chi connectivity index (χ2n) is 8.60. The standard InChI is InChI=1S/C22H27N3O5/c1-22(10-3-2-4-18(22)26)11-9-19-23-20(24-30-19)16-7-5-15(6-8-16)12-25-13-17(14-25)29-21(27)28/h5-8,17H,2-4,9-14H2,1H3,(H,27,28)/t22-/m1/s1. The van der Waals surface area contributed by atoms with Crippen LogP contribution in [0.2, 0.25) is 0 Å². The number of carbonyl (C=O) groups is 2. The highest BCUT2D eigenvalue weighted by Crippen LogP contribution is 2.36. The molecule has 1 aliphatic carbocycles. The van der Waals surface area contributed by atoms with E-state index in [0.717, 1.165) is 43.4 Å². The number of rotatable bonds is 7. The Hall–Kier alpha value is -2.74. The molecule has 8 heteroatoms. The summed E-state index contributed by atoms with van der Waals surface area (Å²) in [6, 6.07) is 7.94. The maximum absolute atomic E-state index is 12.3. The zero-order valence-electron chi connectivity index (χ0n) is 17.2. The Kier molecular flexibility index (Phi) is 5.85. The molecule has 1 N–H and O–H groups in total. The first kappa shape index (κ1) is 20.5. The molecule has 2 aromatic rings. The van der Waals surface area contributed by atoms with Crippen molar-refractivity contribution in [2.45, 2.75) is 58.1 Å². The lowest BCUT2D eigenvalue weighted by atomic mass is 9.72. The Bertz CT molecular complexity index is 904. The number of likely N-dealkylation sites (tertiary alicyclic amines) is 1. The van der Waals surface area contributed by atoms with Crippen LogP contribution in [0.4, 0.5) is 4.79 Å². The summed E-state index contributed by atoms with van der Waals surface area (Å²) in [5.74, 6) is 1.47. The predicted octanol–water partition coefficient (Wildman–Crippen LogP) is 3.70. The van der Waals surface area contributed by atoms with E-state index in [1.54, 1.807) is 0 Å². The van der Waals surface area contributed by atoms with Gasteiger partial charge in [-0.1, -0.05) is 42.8 Å². The fourth-order valence-electron chi connectivity index (χ4n) is 4.25. The number of carbonyl (C=O) groups excluding carboxylic acids is 1. The van der Waals surface area contributed by atoms with Crippen molar-refractivity contribution >= 4 is 11.9 Å². The molecule has 0 bridgehead atoms. The van der Waals surface area contributed by atoms with Gasteiger partial charge in [0.2, 0.25) is 11.7 Å². The monoisotopic (exact) mass is 413 g/mol. The number of nitrogens with zero attached hydrogens (tertiary/aromatic N) is 3. The average Bonchev–Trinajstić information content (AvgIpc) is 3.17. The number of carboxylic acid groups (broad SMARTS) is 1. The Labute approximate surface area is 175 Å². The normalized spacial score (nSPS) is 22.6. The fourth-order valence-corrected chi connectivity index (χ4v) is 4.25.